The average molecular weight is 498 g/mol. The van der Waals surface area contributed by atoms with E-state index in [1.807, 2.05) is 30.3 Å². The van der Waals surface area contributed by atoms with Crippen molar-refractivity contribution in [3.63, 3.8) is 0 Å². The highest BCUT2D eigenvalue weighted by Crippen LogP contribution is 2.14. The van der Waals surface area contributed by atoms with Crippen molar-refractivity contribution >= 4 is 45.8 Å². The number of hydrazone groups is 1. The van der Waals surface area contributed by atoms with E-state index >= 15 is 0 Å². The van der Waals surface area contributed by atoms with Crippen LogP contribution in [0, 0.1) is 0 Å². The van der Waals surface area contributed by atoms with Gasteiger partial charge in [0.25, 0.3) is 5.91 Å². The largest absolute Gasteiger partial charge is 0.423 e. The molecule has 8 nitrogen and oxygen atoms in total. The number of sulfonamides is 1. The number of nitrogens with one attached hydrogen (secondary N) is 2. The molecule has 0 saturated heterocycles. The van der Waals surface area contributed by atoms with Gasteiger partial charge in [-0.1, -0.05) is 41.9 Å². The normalized spacial score (nSPS) is 11.6. The van der Waals surface area contributed by atoms with Crippen molar-refractivity contribution in [1.29, 1.82) is 0 Å². The van der Waals surface area contributed by atoms with Crippen molar-refractivity contribution in [3.8, 4) is 5.75 Å². The van der Waals surface area contributed by atoms with Crippen LogP contribution in [0.2, 0.25) is 5.02 Å². The Hall–Kier alpha value is -3.79. The first-order valence-corrected chi connectivity index (χ1v) is 11.8. The summed E-state index contributed by atoms with van der Waals surface area (Å²) in [5.41, 5.74) is 3.74. The Kier molecular flexibility index (Phi) is 8.69. The third kappa shape index (κ3) is 7.96. The first-order valence-electron chi connectivity index (χ1n) is 9.94. The standard InChI is InChI=1S/C24H20ClN3O5S/c25-20-9-13-22(14-10-20)34(31,32)27-17-23(29)28-26-16-19-6-11-21(12-7-19)33-24(30)15-8-18-4-2-1-3-5-18/h1-16,27H,17H2,(H,28,29)/b15-8+,26-16+. The summed E-state index contributed by atoms with van der Waals surface area (Å²) in [6.45, 7) is -0.492. The quantitative estimate of drug-likeness (QED) is 0.155. The van der Waals surface area contributed by atoms with Crippen LogP contribution in [0.25, 0.3) is 6.08 Å². The molecular formula is C24H20ClN3O5S. The van der Waals surface area contributed by atoms with Crippen LogP contribution in [-0.4, -0.2) is 33.1 Å². The van der Waals surface area contributed by atoms with Crippen molar-refractivity contribution < 1.29 is 22.7 Å². The molecule has 174 valence electrons. The van der Waals surface area contributed by atoms with E-state index in [-0.39, 0.29) is 4.90 Å². The zero-order valence-corrected chi connectivity index (χ0v) is 19.3. The average Bonchev–Trinajstić information content (AvgIpc) is 2.84. The number of halogens is 1. The van der Waals surface area contributed by atoms with Gasteiger partial charge in [-0.05, 0) is 65.7 Å². The molecule has 3 aromatic carbocycles. The Labute approximate surface area is 202 Å². The predicted octanol–water partition coefficient (Wildman–Crippen LogP) is 3.39. The van der Waals surface area contributed by atoms with E-state index in [1.165, 1.54) is 36.6 Å². The van der Waals surface area contributed by atoms with E-state index in [2.05, 4.69) is 15.2 Å². The van der Waals surface area contributed by atoms with Crippen molar-refractivity contribution in [2.45, 2.75) is 4.90 Å². The lowest BCUT2D eigenvalue weighted by atomic mass is 10.2. The molecular weight excluding hydrogens is 478 g/mol. The number of hydrogen-bond acceptors (Lipinski definition) is 6. The highest BCUT2D eigenvalue weighted by atomic mass is 35.5. The molecule has 3 aromatic rings. The van der Waals surface area contributed by atoms with Gasteiger partial charge in [0.1, 0.15) is 5.75 Å². The summed E-state index contributed by atoms with van der Waals surface area (Å²) in [4.78, 5) is 23.8. The van der Waals surface area contributed by atoms with Crippen molar-refractivity contribution in [2.75, 3.05) is 6.54 Å². The molecule has 0 saturated carbocycles. The molecule has 2 N–H and O–H groups in total. The Morgan fingerprint density at radius 2 is 1.59 bits per heavy atom. The minimum atomic E-state index is -3.85. The summed E-state index contributed by atoms with van der Waals surface area (Å²) >= 11 is 5.74. The van der Waals surface area contributed by atoms with Crippen LogP contribution in [0.1, 0.15) is 11.1 Å². The molecule has 0 aromatic heterocycles. The first-order chi connectivity index (χ1) is 16.3. The van der Waals surface area contributed by atoms with Gasteiger partial charge in [-0.2, -0.15) is 5.10 Å². The third-order valence-electron chi connectivity index (χ3n) is 4.26. The van der Waals surface area contributed by atoms with Crippen molar-refractivity contribution in [3.05, 3.63) is 101 Å². The van der Waals surface area contributed by atoms with Crippen molar-refractivity contribution in [1.82, 2.24) is 10.1 Å². The molecule has 34 heavy (non-hydrogen) atoms. The molecule has 0 atom stereocenters. The number of carbonyl (C=O) groups is 2. The maximum absolute atomic E-state index is 12.2. The van der Waals surface area contributed by atoms with Crippen LogP contribution in [0.5, 0.6) is 5.75 Å². The number of benzene rings is 3. The van der Waals surface area contributed by atoms with Gasteiger partial charge in [0.15, 0.2) is 0 Å². The van der Waals surface area contributed by atoms with E-state index in [4.69, 9.17) is 16.3 Å². The Bertz CT molecular complexity index is 1290. The lowest BCUT2D eigenvalue weighted by Crippen LogP contribution is -2.34. The van der Waals surface area contributed by atoms with Gasteiger partial charge in [0.2, 0.25) is 10.0 Å². The second-order valence-electron chi connectivity index (χ2n) is 6.81. The monoisotopic (exact) mass is 497 g/mol. The number of carbonyl (C=O) groups excluding carboxylic acids is 2. The maximum atomic E-state index is 12.2. The second kappa shape index (κ2) is 11.9. The molecule has 0 radical (unpaired) electrons. The first kappa shape index (κ1) is 24.8. The summed E-state index contributed by atoms with van der Waals surface area (Å²) in [6.07, 6.45) is 4.36. The highest BCUT2D eigenvalue weighted by Gasteiger charge is 2.15. The molecule has 1 amide bonds. The molecule has 0 fully saturated rings. The van der Waals surface area contributed by atoms with Crippen LogP contribution < -0.4 is 14.9 Å². The highest BCUT2D eigenvalue weighted by molar-refractivity contribution is 7.89. The van der Waals surface area contributed by atoms with Crippen LogP contribution >= 0.6 is 11.6 Å². The molecule has 0 unspecified atom stereocenters. The number of nitrogens with zero attached hydrogens (tertiary/aromatic N) is 1. The Morgan fingerprint density at radius 1 is 0.912 bits per heavy atom. The topological polar surface area (TPSA) is 114 Å². The second-order valence-corrected chi connectivity index (χ2v) is 9.01. The van der Waals surface area contributed by atoms with Crippen LogP contribution in [0.4, 0.5) is 0 Å². The van der Waals surface area contributed by atoms with Crippen LogP contribution in [0.15, 0.2) is 94.9 Å². The van der Waals surface area contributed by atoms with Gasteiger partial charge in [-0.3, -0.25) is 4.79 Å². The van der Waals surface area contributed by atoms with Crippen molar-refractivity contribution in [2.24, 2.45) is 5.10 Å². The Morgan fingerprint density at radius 3 is 2.26 bits per heavy atom. The van der Waals surface area contributed by atoms with Gasteiger partial charge in [0, 0.05) is 11.1 Å². The SMILES string of the molecule is O=C(CNS(=O)(=O)c1ccc(Cl)cc1)N/N=C/c1ccc(OC(=O)/C=C/c2ccccc2)cc1. The molecule has 0 aliphatic rings. The lowest BCUT2D eigenvalue weighted by Gasteiger charge is -2.06. The predicted molar refractivity (Wildman–Crippen MR) is 130 cm³/mol. The summed E-state index contributed by atoms with van der Waals surface area (Å²) < 4.78 is 31.7. The summed E-state index contributed by atoms with van der Waals surface area (Å²) in [5.74, 6) is -0.816. The fourth-order valence-corrected chi connectivity index (χ4v) is 3.68. The number of esters is 1. The van der Waals surface area contributed by atoms with Gasteiger partial charge < -0.3 is 4.74 Å². The van der Waals surface area contributed by atoms with Crippen LogP contribution in [-0.2, 0) is 19.6 Å². The molecule has 0 heterocycles. The zero-order valence-electron chi connectivity index (χ0n) is 17.7. The summed E-state index contributed by atoms with van der Waals surface area (Å²) in [5, 5.41) is 4.18. The fraction of sp³-hybridized carbons (Fsp3) is 0.0417. The number of ether oxygens (including phenoxy) is 1. The minimum absolute atomic E-state index is 0.00968. The summed E-state index contributed by atoms with van der Waals surface area (Å²) in [6, 6.07) is 21.3. The van der Waals surface area contributed by atoms with Crippen LogP contribution in [0.3, 0.4) is 0 Å². The third-order valence-corrected chi connectivity index (χ3v) is 5.93. The van der Waals surface area contributed by atoms with E-state index < -0.39 is 28.4 Å². The van der Waals surface area contributed by atoms with Gasteiger partial charge >= 0.3 is 5.97 Å². The molecule has 0 aliphatic carbocycles. The molecule has 0 spiro atoms. The van der Waals surface area contributed by atoms with E-state index in [1.54, 1.807) is 30.3 Å². The maximum Gasteiger partial charge on any atom is 0.336 e. The molecule has 0 aliphatic heterocycles. The fourth-order valence-electron chi connectivity index (χ4n) is 2.58. The number of rotatable bonds is 9. The minimum Gasteiger partial charge on any atom is -0.423 e. The lowest BCUT2D eigenvalue weighted by molar-refractivity contribution is -0.129. The van der Waals surface area contributed by atoms with E-state index in [0.717, 1.165) is 5.56 Å². The van der Waals surface area contributed by atoms with Gasteiger partial charge in [-0.15, -0.1) is 0 Å². The van der Waals surface area contributed by atoms with Gasteiger partial charge in [-0.25, -0.2) is 23.4 Å². The summed E-state index contributed by atoms with van der Waals surface area (Å²) in [7, 11) is -3.85. The Balaban J connectivity index is 1.44. The van der Waals surface area contributed by atoms with E-state index in [0.29, 0.717) is 16.3 Å². The molecule has 10 heteroatoms. The molecule has 0 bridgehead atoms. The smallest absolute Gasteiger partial charge is 0.336 e. The van der Waals surface area contributed by atoms with Gasteiger partial charge in [0.05, 0.1) is 17.7 Å². The number of hydrogen-bond donors (Lipinski definition) is 2. The zero-order chi connectivity index (χ0) is 24.4. The van der Waals surface area contributed by atoms with E-state index in [9.17, 15) is 18.0 Å². The number of amides is 1. The molecule has 3 rings (SSSR count).